The first kappa shape index (κ1) is 25.0. The second-order valence-corrected chi connectivity index (χ2v) is 13.1. The highest BCUT2D eigenvalue weighted by Gasteiger charge is 2.21. The molecule has 0 N–H and O–H groups in total. The molecule has 0 saturated heterocycles. The molecular formula is C44H26S. The van der Waals surface area contributed by atoms with Gasteiger partial charge in [-0.1, -0.05) is 145 Å². The smallest absolute Gasteiger partial charge is 0.0207 e. The average molecular weight is 587 g/mol. The van der Waals surface area contributed by atoms with Gasteiger partial charge in [-0.15, -0.1) is 0 Å². The molecule has 0 bridgehead atoms. The van der Waals surface area contributed by atoms with Crippen LogP contribution >= 0.6 is 11.8 Å². The maximum absolute atomic E-state index is 2.45. The second-order valence-electron chi connectivity index (χ2n) is 12.0. The topological polar surface area (TPSA) is 0 Å². The summed E-state index contributed by atoms with van der Waals surface area (Å²) in [6, 6.07) is 58.6. The van der Waals surface area contributed by atoms with E-state index in [-0.39, 0.29) is 0 Å². The molecule has 1 aliphatic heterocycles. The van der Waals surface area contributed by atoms with Crippen molar-refractivity contribution in [3.8, 4) is 33.4 Å². The van der Waals surface area contributed by atoms with Crippen molar-refractivity contribution in [1.29, 1.82) is 0 Å². The van der Waals surface area contributed by atoms with Crippen LogP contribution in [0.2, 0.25) is 0 Å². The van der Waals surface area contributed by atoms with Gasteiger partial charge in [0.05, 0.1) is 0 Å². The van der Waals surface area contributed by atoms with E-state index in [4.69, 9.17) is 0 Å². The first-order valence-corrected chi connectivity index (χ1v) is 16.3. The van der Waals surface area contributed by atoms with E-state index >= 15 is 0 Å². The van der Waals surface area contributed by atoms with Gasteiger partial charge >= 0.3 is 0 Å². The van der Waals surface area contributed by atoms with Crippen LogP contribution in [-0.4, -0.2) is 0 Å². The Bertz CT molecular complexity index is 2670. The molecule has 1 heteroatoms. The Labute approximate surface area is 265 Å². The van der Waals surface area contributed by atoms with Crippen molar-refractivity contribution in [2.45, 2.75) is 9.79 Å². The molecule has 0 nitrogen and oxygen atoms in total. The highest BCUT2D eigenvalue weighted by Crippen LogP contribution is 2.50. The summed E-state index contributed by atoms with van der Waals surface area (Å²) in [4.78, 5) is 2.66. The standard InChI is InChI=1S/C44H26S/c1-3-14-31-27(9-1)11-5-17-34(31)44-35-19-8-16-33(39(35)26-38-32-15-4-2-10-28(32)21-23-37(38)44)30-22-24-41-40(25-30)36-18-6-12-29-13-7-20-42(45-41)43(29)36/h1-26H. The second kappa shape index (κ2) is 9.56. The Morgan fingerprint density at radius 3 is 1.84 bits per heavy atom. The fraction of sp³-hybridized carbons (Fsp3) is 0. The van der Waals surface area contributed by atoms with Gasteiger partial charge in [0.2, 0.25) is 0 Å². The van der Waals surface area contributed by atoms with Gasteiger partial charge in [-0.25, -0.2) is 0 Å². The van der Waals surface area contributed by atoms with Gasteiger partial charge in [0.15, 0.2) is 0 Å². The molecule has 208 valence electrons. The summed E-state index contributed by atoms with van der Waals surface area (Å²) in [5.74, 6) is 0. The van der Waals surface area contributed by atoms with Crippen molar-refractivity contribution in [3.05, 3.63) is 158 Å². The third kappa shape index (κ3) is 3.68. The first-order chi connectivity index (χ1) is 22.3. The van der Waals surface area contributed by atoms with Crippen molar-refractivity contribution in [2.75, 3.05) is 0 Å². The maximum Gasteiger partial charge on any atom is 0.0207 e. The minimum atomic E-state index is 1.25. The van der Waals surface area contributed by atoms with Crippen LogP contribution < -0.4 is 0 Å². The molecule has 1 heterocycles. The van der Waals surface area contributed by atoms with E-state index < -0.39 is 0 Å². The van der Waals surface area contributed by atoms with Crippen LogP contribution in [0.4, 0.5) is 0 Å². The largest absolute Gasteiger partial charge is 0.0888 e. The predicted molar refractivity (Wildman–Crippen MR) is 194 cm³/mol. The van der Waals surface area contributed by atoms with Crippen molar-refractivity contribution < 1.29 is 0 Å². The van der Waals surface area contributed by atoms with E-state index in [1.807, 2.05) is 11.8 Å². The molecule has 0 spiro atoms. The van der Waals surface area contributed by atoms with Gasteiger partial charge in [0.1, 0.15) is 0 Å². The zero-order valence-corrected chi connectivity index (χ0v) is 25.2. The molecule has 0 saturated carbocycles. The van der Waals surface area contributed by atoms with Crippen LogP contribution in [0.25, 0.3) is 87.2 Å². The lowest BCUT2D eigenvalue weighted by Gasteiger charge is -2.22. The molecule has 0 amide bonds. The monoisotopic (exact) mass is 586 g/mol. The van der Waals surface area contributed by atoms with Crippen LogP contribution in [0.3, 0.4) is 0 Å². The van der Waals surface area contributed by atoms with Crippen LogP contribution in [0.15, 0.2) is 168 Å². The van der Waals surface area contributed by atoms with Crippen LogP contribution in [0.1, 0.15) is 0 Å². The maximum atomic E-state index is 2.45. The molecule has 0 aromatic heterocycles. The third-order valence-corrected chi connectivity index (χ3v) is 10.8. The van der Waals surface area contributed by atoms with E-state index in [0.717, 1.165) is 0 Å². The van der Waals surface area contributed by atoms with E-state index in [1.165, 1.54) is 97.0 Å². The Hall–Kier alpha value is -5.37. The first-order valence-electron chi connectivity index (χ1n) is 15.5. The summed E-state index contributed by atoms with van der Waals surface area (Å²) in [6.45, 7) is 0. The molecule has 0 radical (unpaired) electrons. The molecule has 45 heavy (non-hydrogen) atoms. The molecule has 0 atom stereocenters. The van der Waals surface area contributed by atoms with Crippen molar-refractivity contribution in [3.63, 3.8) is 0 Å². The van der Waals surface area contributed by atoms with Gasteiger partial charge in [0.25, 0.3) is 0 Å². The quantitative estimate of drug-likeness (QED) is 0.143. The van der Waals surface area contributed by atoms with E-state index in [0.29, 0.717) is 0 Å². The Balaban J connectivity index is 1.31. The van der Waals surface area contributed by atoms with Gasteiger partial charge < -0.3 is 0 Å². The van der Waals surface area contributed by atoms with Crippen molar-refractivity contribution >= 4 is 65.6 Å². The SMILES string of the molecule is c1ccc2c(-c3c4cccc(-c5ccc6c(c5)-c5cccc7cccc(c57)S6)c4cc4c3ccc3ccccc34)cccc2c1. The normalized spacial score (nSPS) is 12.4. The molecule has 0 aliphatic carbocycles. The van der Waals surface area contributed by atoms with Crippen LogP contribution in [-0.2, 0) is 0 Å². The molecule has 1 aliphatic rings. The van der Waals surface area contributed by atoms with Crippen molar-refractivity contribution in [1.82, 2.24) is 0 Å². The highest BCUT2D eigenvalue weighted by atomic mass is 32.2. The number of hydrogen-bond donors (Lipinski definition) is 0. The fourth-order valence-electron chi connectivity index (χ4n) is 7.61. The van der Waals surface area contributed by atoms with E-state index in [1.54, 1.807) is 0 Å². The van der Waals surface area contributed by atoms with E-state index in [9.17, 15) is 0 Å². The summed E-state index contributed by atoms with van der Waals surface area (Å²) in [5.41, 5.74) is 7.74. The summed E-state index contributed by atoms with van der Waals surface area (Å²) in [5, 5.41) is 12.9. The zero-order chi connectivity index (χ0) is 29.5. The van der Waals surface area contributed by atoms with Crippen molar-refractivity contribution in [2.24, 2.45) is 0 Å². The molecule has 9 aromatic rings. The Morgan fingerprint density at radius 2 is 0.956 bits per heavy atom. The van der Waals surface area contributed by atoms with Crippen LogP contribution in [0, 0.1) is 0 Å². The number of benzene rings is 9. The number of fused-ring (bicyclic) bond motifs is 7. The Kier molecular flexibility index (Phi) is 5.31. The Morgan fingerprint density at radius 1 is 0.311 bits per heavy atom. The minimum absolute atomic E-state index is 1.25. The van der Waals surface area contributed by atoms with Gasteiger partial charge in [0, 0.05) is 15.2 Å². The van der Waals surface area contributed by atoms with Gasteiger partial charge in [-0.3, -0.25) is 0 Å². The minimum Gasteiger partial charge on any atom is -0.0888 e. The molecule has 10 rings (SSSR count). The van der Waals surface area contributed by atoms with E-state index in [2.05, 4.69) is 158 Å². The molecule has 0 fully saturated rings. The lowest BCUT2D eigenvalue weighted by atomic mass is 9.85. The van der Waals surface area contributed by atoms with Gasteiger partial charge in [-0.2, -0.15) is 0 Å². The number of rotatable bonds is 2. The lowest BCUT2D eigenvalue weighted by Crippen LogP contribution is -1.94. The van der Waals surface area contributed by atoms with Crippen LogP contribution in [0.5, 0.6) is 0 Å². The predicted octanol–water partition coefficient (Wildman–Crippen LogP) is 12.9. The lowest BCUT2D eigenvalue weighted by molar-refractivity contribution is 1.40. The third-order valence-electron chi connectivity index (χ3n) is 9.63. The summed E-state index contributed by atoms with van der Waals surface area (Å²) in [6.07, 6.45) is 0. The number of hydrogen-bond acceptors (Lipinski definition) is 1. The molecule has 0 unspecified atom stereocenters. The highest BCUT2D eigenvalue weighted by molar-refractivity contribution is 7.99. The van der Waals surface area contributed by atoms with Gasteiger partial charge in [-0.05, 0) is 106 Å². The molecular weight excluding hydrogens is 561 g/mol. The summed E-state index contributed by atoms with van der Waals surface area (Å²) in [7, 11) is 0. The average Bonchev–Trinajstić information content (AvgIpc) is 3.10. The zero-order valence-electron chi connectivity index (χ0n) is 24.4. The summed E-state index contributed by atoms with van der Waals surface area (Å²) < 4.78 is 0. The fourth-order valence-corrected chi connectivity index (χ4v) is 8.74. The molecule has 9 aromatic carbocycles. The summed E-state index contributed by atoms with van der Waals surface area (Å²) >= 11 is 1.89.